The molecule has 0 aliphatic carbocycles. The van der Waals surface area contributed by atoms with Gasteiger partial charge in [-0.05, 0) is 43.7 Å². The van der Waals surface area contributed by atoms with Crippen molar-refractivity contribution in [2.24, 2.45) is 0 Å². The number of anilines is 1. The van der Waals surface area contributed by atoms with Crippen molar-refractivity contribution in [2.75, 3.05) is 18.1 Å². The first-order valence-corrected chi connectivity index (χ1v) is 9.37. The van der Waals surface area contributed by atoms with Crippen LogP contribution in [0, 0.1) is 12.7 Å². The number of amides is 2. The molecule has 0 aliphatic heterocycles. The largest absolute Gasteiger partial charge is 0.340 e. The second-order valence-corrected chi connectivity index (χ2v) is 7.52. The number of hydrogen-bond acceptors (Lipinski definition) is 3. The lowest BCUT2D eigenvalue weighted by Gasteiger charge is -2.21. The van der Waals surface area contributed by atoms with Gasteiger partial charge in [0.25, 0.3) is 0 Å². The molecule has 4 nitrogen and oxygen atoms in total. The first kappa shape index (κ1) is 20.0. The highest BCUT2D eigenvalue weighted by Crippen LogP contribution is 2.16. The minimum Gasteiger partial charge on any atom is -0.340 e. The summed E-state index contributed by atoms with van der Waals surface area (Å²) < 4.78 is 12.9. The van der Waals surface area contributed by atoms with Crippen molar-refractivity contribution >= 4 is 29.3 Å². The standard InChI is InChI=1S/C20H23FN2O2S/c1-14-4-10-18(11-5-14)22-19(24)13-26-15(2)20(25)23(3)12-16-6-8-17(21)9-7-16/h4-11,15H,12-13H2,1-3H3,(H,22,24). The van der Waals surface area contributed by atoms with Gasteiger partial charge in [-0.1, -0.05) is 29.8 Å². The van der Waals surface area contributed by atoms with Crippen LogP contribution in [0.4, 0.5) is 10.1 Å². The minimum atomic E-state index is -0.343. The van der Waals surface area contributed by atoms with Crippen LogP contribution in [0.2, 0.25) is 0 Å². The number of carbonyl (C=O) groups excluding carboxylic acids is 2. The van der Waals surface area contributed by atoms with Gasteiger partial charge < -0.3 is 10.2 Å². The zero-order valence-corrected chi connectivity index (χ0v) is 16.0. The normalized spacial score (nSPS) is 11.7. The molecule has 26 heavy (non-hydrogen) atoms. The summed E-state index contributed by atoms with van der Waals surface area (Å²) in [7, 11) is 1.70. The number of thioether (sulfide) groups is 1. The van der Waals surface area contributed by atoms with Crippen molar-refractivity contribution in [3.05, 3.63) is 65.5 Å². The topological polar surface area (TPSA) is 49.4 Å². The maximum absolute atomic E-state index is 12.9. The summed E-state index contributed by atoms with van der Waals surface area (Å²) in [5.74, 6) is -0.307. The molecule has 1 N–H and O–H groups in total. The molecule has 0 bridgehead atoms. The number of hydrogen-bond donors (Lipinski definition) is 1. The first-order valence-electron chi connectivity index (χ1n) is 8.32. The van der Waals surface area contributed by atoms with Gasteiger partial charge in [0.1, 0.15) is 5.82 Å². The first-order chi connectivity index (χ1) is 12.3. The molecule has 2 amide bonds. The van der Waals surface area contributed by atoms with E-state index < -0.39 is 0 Å². The van der Waals surface area contributed by atoms with Crippen LogP contribution >= 0.6 is 11.8 Å². The van der Waals surface area contributed by atoms with Crippen LogP contribution in [0.1, 0.15) is 18.1 Å². The van der Waals surface area contributed by atoms with Crippen molar-refractivity contribution in [1.82, 2.24) is 4.90 Å². The highest BCUT2D eigenvalue weighted by Gasteiger charge is 2.19. The summed E-state index contributed by atoms with van der Waals surface area (Å²) in [6.45, 7) is 4.17. The maximum Gasteiger partial charge on any atom is 0.235 e. The van der Waals surface area contributed by atoms with Gasteiger partial charge in [0, 0.05) is 19.3 Å². The Labute approximate surface area is 157 Å². The van der Waals surface area contributed by atoms with Gasteiger partial charge in [-0.25, -0.2) is 4.39 Å². The predicted octanol–water partition coefficient (Wildman–Crippen LogP) is 3.85. The quantitative estimate of drug-likeness (QED) is 0.801. The summed E-state index contributed by atoms with van der Waals surface area (Å²) in [5.41, 5.74) is 2.73. The van der Waals surface area contributed by atoms with Gasteiger partial charge in [-0.15, -0.1) is 11.8 Å². The third kappa shape index (κ3) is 6.19. The van der Waals surface area contributed by atoms with Gasteiger partial charge >= 0.3 is 0 Å². The number of aryl methyl sites for hydroxylation is 1. The lowest BCUT2D eigenvalue weighted by Crippen LogP contribution is -2.33. The SMILES string of the molecule is Cc1ccc(NC(=O)CSC(C)C(=O)N(C)Cc2ccc(F)cc2)cc1. The van der Waals surface area contributed by atoms with Crippen LogP contribution in [-0.2, 0) is 16.1 Å². The van der Waals surface area contributed by atoms with Crippen molar-refractivity contribution < 1.29 is 14.0 Å². The fourth-order valence-electron chi connectivity index (χ4n) is 2.36. The fraction of sp³-hybridized carbons (Fsp3) is 0.300. The van der Waals surface area contributed by atoms with E-state index in [1.54, 1.807) is 31.0 Å². The molecule has 1 unspecified atom stereocenters. The highest BCUT2D eigenvalue weighted by atomic mass is 32.2. The molecule has 138 valence electrons. The van der Waals surface area contributed by atoms with Gasteiger partial charge in [0.2, 0.25) is 11.8 Å². The molecular weight excluding hydrogens is 351 g/mol. The molecule has 0 aromatic heterocycles. The Morgan fingerprint density at radius 1 is 1.12 bits per heavy atom. The number of carbonyl (C=O) groups is 2. The van der Waals surface area contributed by atoms with Crippen molar-refractivity contribution in [1.29, 1.82) is 0 Å². The van der Waals surface area contributed by atoms with Crippen LogP contribution < -0.4 is 5.32 Å². The monoisotopic (exact) mass is 374 g/mol. The van der Waals surface area contributed by atoms with Crippen LogP contribution in [0.15, 0.2) is 48.5 Å². The minimum absolute atomic E-state index is 0.0672. The lowest BCUT2D eigenvalue weighted by atomic mass is 10.2. The van der Waals surface area contributed by atoms with E-state index >= 15 is 0 Å². The maximum atomic E-state index is 12.9. The Morgan fingerprint density at radius 3 is 2.35 bits per heavy atom. The Bertz CT molecular complexity index is 747. The summed E-state index contributed by atoms with van der Waals surface area (Å²) >= 11 is 1.29. The molecule has 0 spiro atoms. The van der Waals surface area contributed by atoms with E-state index in [0.717, 1.165) is 16.8 Å². The number of nitrogens with one attached hydrogen (secondary N) is 1. The third-order valence-electron chi connectivity index (χ3n) is 3.86. The molecule has 6 heteroatoms. The molecule has 0 aliphatic rings. The van der Waals surface area contributed by atoms with E-state index in [1.807, 2.05) is 31.2 Å². The fourth-order valence-corrected chi connectivity index (χ4v) is 3.15. The van der Waals surface area contributed by atoms with Crippen molar-refractivity contribution in [3.63, 3.8) is 0 Å². The molecule has 0 saturated heterocycles. The number of rotatable bonds is 7. The Morgan fingerprint density at radius 2 is 1.73 bits per heavy atom. The smallest absolute Gasteiger partial charge is 0.235 e. The highest BCUT2D eigenvalue weighted by molar-refractivity contribution is 8.01. The van der Waals surface area contributed by atoms with E-state index in [-0.39, 0.29) is 28.6 Å². The summed E-state index contributed by atoms with van der Waals surface area (Å²) in [6, 6.07) is 13.6. The van der Waals surface area contributed by atoms with E-state index in [2.05, 4.69) is 5.32 Å². The summed E-state index contributed by atoms with van der Waals surface area (Å²) in [6.07, 6.45) is 0. The van der Waals surface area contributed by atoms with Crippen LogP contribution in [0.25, 0.3) is 0 Å². The second-order valence-electron chi connectivity index (χ2n) is 6.19. The molecular formula is C20H23FN2O2S. The van der Waals surface area contributed by atoms with E-state index in [0.29, 0.717) is 6.54 Å². The number of halogens is 1. The van der Waals surface area contributed by atoms with Crippen LogP contribution in [-0.4, -0.2) is 34.8 Å². The van der Waals surface area contributed by atoms with Gasteiger partial charge in [-0.3, -0.25) is 9.59 Å². The molecule has 0 heterocycles. The molecule has 0 radical (unpaired) electrons. The Hall–Kier alpha value is -2.34. The van der Waals surface area contributed by atoms with Gasteiger partial charge in [0.05, 0.1) is 11.0 Å². The Balaban J connectivity index is 1.79. The summed E-state index contributed by atoms with van der Waals surface area (Å²) in [4.78, 5) is 26.0. The summed E-state index contributed by atoms with van der Waals surface area (Å²) in [5, 5.41) is 2.47. The molecule has 2 rings (SSSR count). The van der Waals surface area contributed by atoms with E-state index in [4.69, 9.17) is 0 Å². The third-order valence-corrected chi connectivity index (χ3v) is 4.99. The molecule has 2 aromatic carbocycles. The van der Waals surface area contributed by atoms with Gasteiger partial charge in [0.15, 0.2) is 0 Å². The number of nitrogens with zero attached hydrogens (tertiary/aromatic N) is 1. The number of benzene rings is 2. The average molecular weight is 374 g/mol. The zero-order chi connectivity index (χ0) is 19.1. The predicted molar refractivity (Wildman–Crippen MR) is 105 cm³/mol. The second kappa shape index (κ2) is 9.38. The molecule has 0 saturated carbocycles. The van der Waals surface area contributed by atoms with Crippen molar-refractivity contribution in [2.45, 2.75) is 25.6 Å². The molecule has 0 fully saturated rings. The van der Waals surface area contributed by atoms with Crippen LogP contribution in [0.3, 0.4) is 0 Å². The molecule has 1 atom stereocenters. The van der Waals surface area contributed by atoms with E-state index in [1.165, 1.54) is 23.9 Å². The van der Waals surface area contributed by atoms with Crippen molar-refractivity contribution in [3.8, 4) is 0 Å². The average Bonchev–Trinajstić information content (AvgIpc) is 2.63. The zero-order valence-electron chi connectivity index (χ0n) is 15.2. The van der Waals surface area contributed by atoms with E-state index in [9.17, 15) is 14.0 Å². The Kier molecular flexibility index (Phi) is 7.21. The van der Waals surface area contributed by atoms with Crippen LogP contribution in [0.5, 0.6) is 0 Å². The molecule has 2 aromatic rings. The van der Waals surface area contributed by atoms with Gasteiger partial charge in [-0.2, -0.15) is 0 Å². The lowest BCUT2D eigenvalue weighted by molar-refractivity contribution is -0.129.